The molecule has 0 unspecified atom stereocenters. The van der Waals surface area contributed by atoms with E-state index in [1.807, 2.05) is 52.0 Å². The molecule has 0 spiro atoms. The van der Waals surface area contributed by atoms with Gasteiger partial charge in [0.2, 0.25) is 0 Å². The first kappa shape index (κ1) is 27.8. The fraction of sp³-hybridized carbons (Fsp3) is 0.364. The minimum absolute atomic E-state index is 0.0797. The molecule has 0 aromatic heterocycles. The Morgan fingerprint density at radius 2 is 1.10 bits per heavy atom. The number of ketones is 2. The molecule has 0 heterocycles. The monoisotopic (exact) mass is 592 g/mol. The number of Topliss-reactive ketones (excluding diaryl/α,β-unsaturated/α-hetero) is 2. The van der Waals surface area contributed by atoms with Crippen molar-refractivity contribution in [3.63, 3.8) is 0 Å². The summed E-state index contributed by atoms with van der Waals surface area (Å²) >= 11 is 8.63. The molecule has 0 radical (unpaired) electrons. The number of hydrogen-bond donors (Lipinski definition) is 0. The van der Waals surface area contributed by atoms with Crippen molar-refractivity contribution in [2.75, 3.05) is 5.33 Å². The van der Waals surface area contributed by atoms with Crippen molar-refractivity contribution in [2.45, 2.75) is 46.8 Å². The van der Waals surface area contributed by atoms with E-state index in [0.717, 1.165) is 17.1 Å². The third-order valence-corrected chi connectivity index (χ3v) is 3.81. The predicted octanol–water partition coefficient (Wildman–Crippen LogP) is 7.42. The Hall–Kier alpha value is -1.18. The van der Waals surface area contributed by atoms with Gasteiger partial charge in [0.15, 0.2) is 11.6 Å². The van der Waals surface area contributed by atoms with Gasteiger partial charge in [0.25, 0.3) is 0 Å². The highest BCUT2D eigenvalue weighted by Crippen LogP contribution is 2.15. The second kappa shape index (κ2) is 15.6. The standard InChI is InChI=1S/C11H13BrO2.C11H14O2.Br2/c1-8(2)14-10-5-3-9(4-6-10)11(13)7-12;1-8(2)13-11-6-4-10(5-7-11)9(3)12;1-2/h3-6,8H,7H2,1-2H3;4-8H,1-3H3;. The molecule has 160 valence electrons. The van der Waals surface area contributed by atoms with E-state index in [1.165, 1.54) is 0 Å². The third kappa shape index (κ3) is 12.2. The molecule has 0 N–H and O–H groups in total. The summed E-state index contributed by atoms with van der Waals surface area (Å²) in [7, 11) is 0. The van der Waals surface area contributed by atoms with Crippen LogP contribution < -0.4 is 9.47 Å². The number of benzene rings is 2. The number of rotatable bonds is 7. The summed E-state index contributed by atoms with van der Waals surface area (Å²) in [5, 5.41) is 0.359. The molecular weight excluding hydrogens is 568 g/mol. The number of carbonyl (C=O) groups is 2. The minimum atomic E-state index is 0.0797. The largest absolute Gasteiger partial charge is 0.491 e. The van der Waals surface area contributed by atoms with Gasteiger partial charge in [-0.15, -0.1) is 0 Å². The number of carbonyl (C=O) groups excluding carboxylic acids is 2. The molecule has 4 nitrogen and oxygen atoms in total. The molecule has 0 amide bonds. The number of alkyl halides is 1. The molecule has 0 fully saturated rings. The lowest BCUT2D eigenvalue weighted by atomic mass is 10.1. The van der Waals surface area contributed by atoms with Gasteiger partial charge < -0.3 is 9.47 Å². The molecule has 0 aliphatic carbocycles. The molecule has 7 heteroatoms. The van der Waals surface area contributed by atoms with E-state index in [-0.39, 0.29) is 23.8 Å². The van der Waals surface area contributed by atoms with Crippen LogP contribution >= 0.6 is 44.2 Å². The Kier molecular flexibility index (Phi) is 15.0. The van der Waals surface area contributed by atoms with Crippen molar-refractivity contribution in [1.29, 1.82) is 0 Å². The maximum atomic E-state index is 11.3. The van der Waals surface area contributed by atoms with Crippen LogP contribution in [0.5, 0.6) is 11.5 Å². The van der Waals surface area contributed by atoms with E-state index < -0.39 is 0 Å². The highest BCUT2D eigenvalue weighted by Gasteiger charge is 2.04. The number of halogens is 3. The average molecular weight is 595 g/mol. The Labute approximate surface area is 197 Å². The molecule has 2 aromatic carbocycles. The molecule has 0 atom stereocenters. The second-order valence-electron chi connectivity index (χ2n) is 6.49. The van der Waals surface area contributed by atoms with Crippen molar-refractivity contribution in [2.24, 2.45) is 0 Å². The van der Waals surface area contributed by atoms with E-state index in [1.54, 1.807) is 31.2 Å². The van der Waals surface area contributed by atoms with Gasteiger partial charge >= 0.3 is 0 Å². The van der Waals surface area contributed by atoms with Gasteiger partial charge in [-0.2, -0.15) is 0 Å². The van der Waals surface area contributed by atoms with E-state index >= 15 is 0 Å². The lowest BCUT2D eigenvalue weighted by Crippen LogP contribution is -2.06. The van der Waals surface area contributed by atoms with Crippen LogP contribution in [-0.4, -0.2) is 29.1 Å². The summed E-state index contributed by atoms with van der Waals surface area (Å²) in [6.45, 7) is 9.44. The predicted molar refractivity (Wildman–Crippen MR) is 130 cm³/mol. The Morgan fingerprint density at radius 3 is 1.38 bits per heavy atom. The molecule has 0 saturated carbocycles. The van der Waals surface area contributed by atoms with Crippen LogP contribution in [0.15, 0.2) is 48.5 Å². The first-order valence-corrected chi connectivity index (χ1v) is 13.8. The highest BCUT2D eigenvalue weighted by molar-refractivity contribution is 9.93. The van der Waals surface area contributed by atoms with Gasteiger partial charge in [-0.05, 0) is 83.1 Å². The van der Waals surface area contributed by atoms with E-state index in [0.29, 0.717) is 10.9 Å². The van der Waals surface area contributed by atoms with Crippen LogP contribution in [0.4, 0.5) is 0 Å². The number of hydrogen-bond acceptors (Lipinski definition) is 4. The zero-order chi connectivity index (χ0) is 22.4. The summed E-state index contributed by atoms with van der Waals surface area (Å²) in [4.78, 5) is 22.2. The first-order valence-electron chi connectivity index (χ1n) is 9.00. The van der Waals surface area contributed by atoms with Gasteiger partial charge in [-0.1, -0.05) is 15.9 Å². The Bertz CT molecular complexity index is 727. The lowest BCUT2D eigenvalue weighted by Gasteiger charge is -2.09. The van der Waals surface area contributed by atoms with E-state index in [9.17, 15) is 9.59 Å². The minimum Gasteiger partial charge on any atom is -0.491 e. The van der Waals surface area contributed by atoms with Crippen LogP contribution in [0.3, 0.4) is 0 Å². The fourth-order valence-corrected chi connectivity index (χ4v) is 2.43. The fourth-order valence-electron chi connectivity index (χ4n) is 2.11. The topological polar surface area (TPSA) is 52.6 Å². The maximum absolute atomic E-state index is 11.3. The van der Waals surface area contributed by atoms with Gasteiger partial charge in [0, 0.05) is 39.4 Å². The van der Waals surface area contributed by atoms with Crippen LogP contribution in [0.25, 0.3) is 0 Å². The molecule has 0 saturated heterocycles. The lowest BCUT2D eigenvalue weighted by molar-refractivity contribution is 0.101. The molecule has 2 aromatic rings. The normalized spacial score (nSPS) is 9.72. The molecule has 0 bridgehead atoms. The van der Waals surface area contributed by atoms with Crippen molar-refractivity contribution in [3.8, 4) is 11.5 Å². The van der Waals surface area contributed by atoms with Crippen LogP contribution in [0.1, 0.15) is 55.3 Å². The highest BCUT2D eigenvalue weighted by atomic mass is 80.9. The molecule has 2 rings (SSSR count). The Morgan fingerprint density at radius 1 is 0.759 bits per heavy atom. The summed E-state index contributed by atoms with van der Waals surface area (Å²) in [5.74, 6) is 1.77. The average Bonchev–Trinajstić information content (AvgIpc) is 2.69. The van der Waals surface area contributed by atoms with E-state index in [2.05, 4.69) is 44.2 Å². The molecule has 0 aliphatic rings. The summed E-state index contributed by atoms with van der Waals surface area (Å²) in [6.07, 6.45) is 0.330. The molecular formula is C22H27Br3O4. The SMILES string of the molecule is BrBr.CC(=O)c1ccc(OC(C)C)cc1.CC(C)Oc1ccc(C(=O)CBr)cc1. The second-order valence-corrected chi connectivity index (χ2v) is 7.06. The smallest absolute Gasteiger partial charge is 0.173 e. The van der Waals surface area contributed by atoms with Crippen molar-refractivity contribution in [1.82, 2.24) is 0 Å². The zero-order valence-electron chi connectivity index (χ0n) is 17.2. The summed E-state index contributed by atoms with van der Waals surface area (Å²) < 4.78 is 10.9. The van der Waals surface area contributed by atoms with E-state index in [4.69, 9.17) is 9.47 Å². The van der Waals surface area contributed by atoms with Gasteiger partial charge in [-0.3, -0.25) is 9.59 Å². The molecule has 29 heavy (non-hydrogen) atoms. The van der Waals surface area contributed by atoms with Crippen LogP contribution in [0, 0.1) is 0 Å². The van der Waals surface area contributed by atoms with Gasteiger partial charge in [0.05, 0.1) is 17.5 Å². The first-order chi connectivity index (χ1) is 13.7. The number of ether oxygens (including phenoxy) is 2. The third-order valence-electron chi connectivity index (χ3n) is 3.30. The van der Waals surface area contributed by atoms with Crippen molar-refractivity contribution in [3.05, 3.63) is 59.7 Å². The summed E-state index contributed by atoms with van der Waals surface area (Å²) in [5.41, 5.74) is 1.43. The van der Waals surface area contributed by atoms with Crippen molar-refractivity contribution >= 4 is 55.8 Å². The summed E-state index contributed by atoms with van der Waals surface area (Å²) in [6, 6.07) is 14.4. The van der Waals surface area contributed by atoms with Crippen LogP contribution in [0.2, 0.25) is 0 Å². The molecule has 0 aliphatic heterocycles. The maximum Gasteiger partial charge on any atom is 0.173 e. The van der Waals surface area contributed by atoms with Gasteiger partial charge in [0.1, 0.15) is 11.5 Å². The Balaban J connectivity index is 0.000000499. The van der Waals surface area contributed by atoms with Crippen molar-refractivity contribution < 1.29 is 19.1 Å². The zero-order valence-corrected chi connectivity index (χ0v) is 22.0. The van der Waals surface area contributed by atoms with Gasteiger partial charge in [-0.25, -0.2) is 0 Å². The van der Waals surface area contributed by atoms with Crippen LogP contribution in [-0.2, 0) is 0 Å². The quantitative estimate of drug-likeness (QED) is 0.247.